The van der Waals surface area contributed by atoms with Crippen molar-refractivity contribution in [3.8, 4) is 11.8 Å². The molecular formula is C14H15N3O2S2. The molecule has 0 radical (unpaired) electrons. The van der Waals surface area contributed by atoms with Gasteiger partial charge in [-0.15, -0.1) is 0 Å². The van der Waals surface area contributed by atoms with Gasteiger partial charge in [0, 0.05) is 24.5 Å². The Hall–Kier alpha value is -1.72. The van der Waals surface area contributed by atoms with Crippen LogP contribution in [0.15, 0.2) is 34.1 Å². The number of nitrogens with one attached hydrogen (secondary N) is 1. The van der Waals surface area contributed by atoms with Crippen LogP contribution in [0.3, 0.4) is 0 Å². The fourth-order valence-electron chi connectivity index (χ4n) is 1.61. The summed E-state index contributed by atoms with van der Waals surface area (Å²) in [6.07, 6.45) is 2.81. The first-order chi connectivity index (χ1) is 10.0. The first-order valence-electron chi connectivity index (χ1n) is 6.18. The quantitative estimate of drug-likeness (QED) is 0.830. The molecule has 5 nitrogen and oxygen atoms in total. The molecular weight excluding hydrogens is 306 g/mol. The van der Waals surface area contributed by atoms with Crippen LogP contribution in [0.1, 0.15) is 16.7 Å². The molecule has 0 aliphatic rings. The number of aryl methyl sites for hydroxylation is 1. The van der Waals surface area contributed by atoms with Gasteiger partial charge in [0.1, 0.15) is 4.90 Å². The van der Waals surface area contributed by atoms with E-state index in [1.807, 2.05) is 17.7 Å². The lowest BCUT2D eigenvalue weighted by molar-refractivity contribution is 0.581. The molecule has 0 unspecified atom stereocenters. The van der Waals surface area contributed by atoms with E-state index < -0.39 is 10.0 Å². The summed E-state index contributed by atoms with van der Waals surface area (Å²) in [5.41, 5.74) is 7.86. The predicted octanol–water partition coefficient (Wildman–Crippen LogP) is 1.24. The number of pyridine rings is 1. The van der Waals surface area contributed by atoms with Crippen LogP contribution in [0.25, 0.3) is 0 Å². The molecule has 0 aliphatic carbocycles. The summed E-state index contributed by atoms with van der Waals surface area (Å²) in [7, 11) is -3.61. The molecule has 3 N–H and O–H groups in total. The third kappa shape index (κ3) is 4.12. The number of nitrogens with zero attached hydrogens (tertiary/aromatic N) is 1. The van der Waals surface area contributed by atoms with Crippen LogP contribution < -0.4 is 10.5 Å². The molecule has 7 heteroatoms. The molecule has 0 amide bonds. The number of thiophene rings is 1. The molecule has 2 aromatic rings. The minimum atomic E-state index is -3.61. The maximum atomic E-state index is 12.2. The zero-order valence-electron chi connectivity index (χ0n) is 11.5. The van der Waals surface area contributed by atoms with E-state index >= 15 is 0 Å². The molecule has 0 aliphatic heterocycles. The average molecular weight is 321 g/mol. The summed E-state index contributed by atoms with van der Waals surface area (Å²) in [4.78, 5) is 4.00. The van der Waals surface area contributed by atoms with Crippen LogP contribution in [0.2, 0.25) is 0 Å². The lowest BCUT2D eigenvalue weighted by atomic mass is 10.2. The van der Waals surface area contributed by atoms with Crippen molar-refractivity contribution in [2.45, 2.75) is 18.4 Å². The second-order valence-corrected chi connectivity index (χ2v) is 6.83. The first kappa shape index (κ1) is 15.7. The van der Waals surface area contributed by atoms with Crippen molar-refractivity contribution in [3.05, 3.63) is 45.9 Å². The summed E-state index contributed by atoms with van der Waals surface area (Å²) >= 11 is 1.55. The Morgan fingerprint density at radius 3 is 2.86 bits per heavy atom. The summed E-state index contributed by atoms with van der Waals surface area (Å²) in [5.74, 6) is 5.44. The minimum absolute atomic E-state index is 0.0965. The van der Waals surface area contributed by atoms with Gasteiger partial charge in [0.05, 0.1) is 6.54 Å². The van der Waals surface area contributed by atoms with E-state index in [1.165, 1.54) is 18.5 Å². The number of hydrogen-bond acceptors (Lipinski definition) is 5. The molecule has 0 bridgehead atoms. The van der Waals surface area contributed by atoms with Gasteiger partial charge >= 0.3 is 0 Å². The Bertz CT molecular complexity index is 786. The fraction of sp³-hybridized carbons (Fsp3) is 0.214. The molecule has 0 aromatic carbocycles. The number of rotatable bonds is 4. The summed E-state index contributed by atoms with van der Waals surface area (Å²) in [6.45, 7) is 2.42. The van der Waals surface area contributed by atoms with Crippen LogP contribution in [0.5, 0.6) is 0 Å². The number of sulfonamides is 1. The largest absolute Gasteiger partial charge is 0.320 e. The third-order valence-corrected chi connectivity index (χ3v) is 5.05. The molecule has 0 atom stereocenters. The Balaban J connectivity index is 2.17. The Morgan fingerprint density at radius 1 is 1.38 bits per heavy atom. The van der Waals surface area contributed by atoms with Gasteiger partial charge in [0.25, 0.3) is 0 Å². The second-order valence-electron chi connectivity index (χ2n) is 4.32. The van der Waals surface area contributed by atoms with E-state index in [-0.39, 0.29) is 18.0 Å². The maximum absolute atomic E-state index is 12.2. The van der Waals surface area contributed by atoms with Crippen molar-refractivity contribution in [1.82, 2.24) is 9.71 Å². The molecule has 0 saturated carbocycles. The highest BCUT2D eigenvalue weighted by Gasteiger charge is 2.15. The highest BCUT2D eigenvalue weighted by Crippen LogP contribution is 2.15. The van der Waals surface area contributed by atoms with Gasteiger partial charge in [-0.25, -0.2) is 13.1 Å². The van der Waals surface area contributed by atoms with Gasteiger partial charge in [0.2, 0.25) is 10.0 Å². The summed E-state index contributed by atoms with van der Waals surface area (Å²) < 4.78 is 27.1. The molecule has 0 fully saturated rings. The Morgan fingerprint density at radius 2 is 2.19 bits per heavy atom. The second kappa shape index (κ2) is 6.83. The average Bonchev–Trinajstić information content (AvgIpc) is 2.89. The molecule has 2 heterocycles. The van der Waals surface area contributed by atoms with Gasteiger partial charge in [-0.05, 0) is 34.9 Å². The lowest BCUT2D eigenvalue weighted by Crippen LogP contribution is -2.23. The van der Waals surface area contributed by atoms with Crippen molar-refractivity contribution in [2.75, 3.05) is 6.54 Å². The standard InChI is InChI=1S/C14H15N3O2S2/c1-11-9-20-10-13(11)7-17-21(18,19)14-5-12(3-2-4-15)6-16-8-14/h5-6,8-10,17H,4,7,15H2,1H3. The van der Waals surface area contributed by atoms with E-state index in [2.05, 4.69) is 21.5 Å². The van der Waals surface area contributed by atoms with Gasteiger partial charge in [0.15, 0.2) is 0 Å². The topological polar surface area (TPSA) is 85.1 Å². The molecule has 2 rings (SSSR count). The fourth-order valence-corrected chi connectivity index (χ4v) is 3.46. The number of nitrogens with two attached hydrogens (primary N) is 1. The van der Waals surface area contributed by atoms with Gasteiger partial charge in [-0.3, -0.25) is 4.98 Å². The Kier molecular flexibility index (Phi) is 5.09. The lowest BCUT2D eigenvalue weighted by Gasteiger charge is -2.06. The van der Waals surface area contributed by atoms with Gasteiger partial charge in [-0.2, -0.15) is 11.3 Å². The van der Waals surface area contributed by atoms with Crippen molar-refractivity contribution in [2.24, 2.45) is 5.73 Å². The molecule has 2 aromatic heterocycles. The normalized spacial score (nSPS) is 11.0. The van der Waals surface area contributed by atoms with Crippen molar-refractivity contribution >= 4 is 21.4 Å². The van der Waals surface area contributed by atoms with Crippen LogP contribution in [0, 0.1) is 18.8 Å². The zero-order chi connectivity index (χ0) is 15.3. The molecule has 21 heavy (non-hydrogen) atoms. The molecule has 110 valence electrons. The maximum Gasteiger partial charge on any atom is 0.242 e. The first-order valence-corrected chi connectivity index (χ1v) is 8.61. The van der Waals surface area contributed by atoms with E-state index in [1.54, 1.807) is 11.3 Å². The van der Waals surface area contributed by atoms with Gasteiger partial charge < -0.3 is 5.73 Å². The van der Waals surface area contributed by atoms with E-state index in [4.69, 9.17) is 5.73 Å². The van der Waals surface area contributed by atoms with Crippen LogP contribution in [0.4, 0.5) is 0 Å². The Labute approximate surface area is 128 Å². The summed E-state index contributed by atoms with van der Waals surface area (Å²) in [5, 5.41) is 3.91. The van der Waals surface area contributed by atoms with E-state index in [9.17, 15) is 8.42 Å². The minimum Gasteiger partial charge on any atom is -0.320 e. The van der Waals surface area contributed by atoms with Crippen molar-refractivity contribution in [3.63, 3.8) is 0 Å². The molecule has 0 spiro atoms. The highest BCUT2D eigenvalue weighted by molar-refractivity contribution is 7.89. The highest BCUT2D eigenvalue weighted by atomic mass is 32.2. The van der Waals surface area contributed by atoms with Crippen molar-refractivity contribution in [1.29, 1.82) is 0 Å². The third-order valence-electron chi connectivity index (χ3n) is 2.77. The SMILES string of the molecule is Cc1cscc1CNS(=O)(=O)c1cncc(C#CCN)c1. The van der Waals surface area contributed by atoms with E-state index in [0.29, 0.717) is 5.56 Å². The number of aromatic nitrogens is 1. The smallest absolute Gasteiger partial charge is 0.242 e. The zero-order valence-corrected chi connectivity index (χ0v) is 13.1. The summed E-state index contributed by atoms with van der Waals surface area (Å²) in [6, 6.07) is 1.48. The van der Waals surface area contributed by atoms with Crippen LogP contribution in [-0.4, -0.2) is 19.9 Å². The monoisotopic (exact) mass is 321 g/mol. The van der Waals surface area contributed by atoms with Crippen LogP contribution >= 0.6 is 11.3 Å². The van der Waals surface area contributed by atoms with Crippen molar-refractivity contribution < 1.29 is 8.42 Å². The molecule has 0 saturated heterocycles. The van der Waals surface area contributed by atoms with Crippen LogP contribution in [-0.2, 0) is 16.6 Å². The van der Waals surface area contributed by atoms with Gasteiger partial charge in [-0.1, -0.05) is 11.8 Å². The van der Waals surface area contributed by atoms with E-state index in [0.717, 1.165) is 11.1 Å². The number of hydrogen-bond donors (Lipinski definition) is 2. The predicted molar refractivity (Wildman–Crippen MR) is 83.3 cm³/mol.